The molecule has 4 rings (SSSR count). The van der Waals surface area contributed by atoms with E-state index in [0.29, 0.717) is 16.0 Å². The van der Waals surface area contributed by atoms with Crippen molar-refractivity contribution in [3.8, 4) is 0 Å². The van der Waals surface area contributed by atoms with E-state index in [1.807, 2.05) is 47.8 Å². The van der Waals surface area contributed by atoms with Crippen molar-refractivity contribution in [2.45, 2.75) is 11.7 Å². The number of nitrogens with zero attached hydrogens (tertiary/aromatic N) is 3. The summed E-state index contributed by atoms with van der Waals surface area (Å²) in [6.45, 7) is 0. The van der Waals surface area contributed by atoms with E-state index in [2.05, 4.69) is 31.2 Å². The molecule has 6 nitrogen and oxygen atoms in total. The van der Waals surface area contributed by atoms with E-state index in [1.165, 1.54) is 23.1 Å². The van der Waals surface area contributed by atoms with Gasteiger partial charge in [0.2, 0.25) is 16.9 Å². The molecule has 0 spiro atoms. The minimum Gasteiger partial charge on any atom is -0.326 e. The Balaban J connectivity index is 1.54. The number of carbonyl (C=O) groups excluding carboxylic acids is 2. The van der Waals surface area contributed by atoms with E-state index < -0.39 is 5.25 Å². The summed E-state index contributed by atoms with van der Waals surface area (Å²) in [4.78, 5) is 35.9. The van der Waals surface area contributed by atoms with Crippen LogP contribution in [0.4, 0.5) is 16.5 Å². The van der Waals surface area contributed by atoms with Gasteiger partial charge in [-0.1, -0.05) is 45.9 Å². The van der Waals surface area contributed by atoms with Crippen LogP contribution in [0.25, 0.3) is 0 Å². The number of thiazole rings is 1. The minimum absolute atomic E-state index is 0.0553. The first-order valence-corrected chi connectivity index (χ1v) is 11.2. The molecule has 9 heteroatoms. The molecule has 3 aromatic rings. The Morgan fingerprint density at radius 3 is 2.62 bits per heavy atom. The molecule has 0 saturated carbocycles. The van der Waals surface area contributed by atoms with Crippen molar-refractivity contribution in [2.24, 2.45) is 4.99 Å². The number of aliphatic imine (C=N–C) groups is 1. The number of halogens is 1. The average Bonchev–Trinajstić information content (AvgIpc) is 3.33. The summed E-state index contributed by atoms with van der Waals surface area (Å²) in [6, 6.07) is 16.6. The molecule has 29 heavy (non-hydrogen) atoms. The Bertz CT molecular complexity index is 1040. The molecule has 146 valence electrons. The molecule has 2 aromatic carbocycles. The Morgan fingerprint density at radius 2 is 1.93 bits per heavy atom. The van der Waals surface area contributed by atoms with Crippen molar-refractivity contribution in [1.82, 2.24) is 4.98 Å². The number of benzene rings is 2. The highest BCUT2D eigenvalue weighted by atomic mass is 79.9. The van der Waals surface area contributed by atoms with Crippen LogP contribution < -0.4 is 10.2 Å². The molecule has 2 amide bonds. The molecule has 0 unspecified atom stereocenters. The van der Waals surface area contributed by atoms with Gasteiger partial charge in [0, 0.05) is 28.2 Å². The lowest BCUT2D eigenvalue weighted by atomic mass is 10.2. The highest BCUT2D eigenvalue weighted by Crippen LogP contribution is 2.35. The predicted molar refractivity (Wildman–Crippen MR) is 122 cm³/mol. The third-order valence-corrected chi connectivity index (χ3v) is 6.39. The lowest BCUT2D eigenvalue weighted by Crippen LogP contribution is -2.33. The van der Waals surface area contributed by atoms with Gasteiger partial charge >= 0.3 is 0 Å². The van der Waals surface area contributed by atoms with Crippen molar-refractivity contribution in [3.05, 3.63) is 70.6 Å². The molecule has 1 atom stereocenters. The molecule has 1 fully saturated rings. The normalized spacial score (nSPS) is 17.7. The Hall–Kier alpha value is -2.49. The highest BCUT2D eigenvalue weighted by molar-refractivity contribution is 9.10. The SMILES string of the molecule is O=C(C[C@@H]1SC(=Nc2nccs2)N(c2ccccc2)C1=O)Nc1ccc(Br)cc1. The largest absolute Gasteiger partial charge is 0.326 e. The molecule has 1 aliphatic rings. The van der Waals surface area contributed by atoms with E-state index in [-0.39, 0.29) is 18.2 Å². The number of thioether (sulfide) groups is 1. The van der Waals surface area contributed by atoms with Gasteiger partial charge in [-0.25, -0.2) is 4.98 Å². The number of rotatable bonds is 5. The molecule has 0 aliphatic carbocycles. The maximum absolute atomic E-state index is 13.1. The maximum Gasteiger partial charge on any atom is 0.247 e. The number of nitrogens with one attached hydrogen (secondary N) is 1. The van der Waals surface area contributed by atoms with Gasteiger partial charge in [0.25, 0.3) is 0 Å². The quantitative estimate of drug-likeness (QED) is 0.546. The van der Waals surface area contributed by atoms with Crippen molar-refractivity contribution >= 4 is 72.5 Å². The van der Waals surface area contributed by atoms with Crippen LogP contribution in [-0.2, 0) is 9.59 Å². The fraction of sp³-hybridized carbons (Fsp3) is 0.100. The van der Waals surface area contributed by atoms with Gasteiger partial charge in [-0.2, -0.15) is 4.99 Å². The van der Waals surface area contributed by atoms with E-state index in [9.17, 15) is 9.59 Å². The first kappa shape index (κ1) is 19.8. The van der Waals surface area contributed by atoms with Crippen LogP contribution in [0.5, 0.6) is 0 Å². The van der Waals surface area contributed by atoms with Crippen LogP contribution >= 0.6 is 39.0 Å². The molecule has 1 saturated heterocycles. The average molecular weight is 487 g/mol. The van der Waals surface area contributed by atoms with Crippen LogP contribution in [0.15, 0.2) is 75.6 Å². The lowest BCUT2D eigenvalue weighted by Gasteiger charge is -2.16. The summed E-state index contributed by atoms with van der Waals surface area (Å²) in [7, 11) is 0. The molecule has 1 N–H and O–H groups in total. The number of amidine groups is 1. The first-order valence-electron chi connectivity index (χ1n) is 8.69. The second kappa shape index (κ2) is 8.89. The molecule has 1 aromatic heterocycles. The number of anilines is 2. The Morgan fingerprint density at radius 1 is 1.17 bits per heavy atom. The fourth-order valence-corrected chi connectivity index (χ4v) is 4.72. The number of amides is 2. The maximum atomic E-state index is 13.1. The molecule has 0 bridgehead atoms. The summed E-state index contributed by atoms with van der Waals surface area (Å²) in [6.07, 6.45) is 1.72. The Kier molecular flexibility index (Phi) is 6.08. The molecular formula is C20H15BrN4O2S2. The predicted octanol–water partition coefficient (Wildman–Crippen LogP) is 5.07. The van der Waals surface area contributed by atoms with E-state index in [1.54, 1.807) is 23.2 Å². The van der Waals surface area contributed by atoms with Crippen LogP contribution in [-0.4, -0.2) is 27.2 Å². The van der Waals surface area contributed by atoms with Crippen LogP contribution in [0.3, 0.4) is 0 Å². The standard InChI is InChI=1S/C20H15BrN4O2S2/c21-13-6-8-14(9-7-13)23-17(26)12-16-18(27)25(15-4-2-1-3-5-15)20(29-16)24-19-22-10-11-28-19/h1-11,16H,12H2,(H,23,26)/t16-/m0/s1. The first-order chi connectivity index (χ1) is 14.1. The number of hydrogen-bond acceptors (Lipinski definition) is 6. The van der Waals surface area contributed by atoms with Crippen LogP contribution in [0.2, 0.25) is 0 Å². The minimum atomic E-state index is -0.552. The summed E-state index contributed by atoms with van der Waals surface area (Å²) in [5.41, 5.74) is 1.40. The van der Waals surface area contributed by atoms with E-state index in [0.717, 1.165) is 10.2 Å². The summed E-state index contributed by atoms with van der Waals surface area (Å²) in [5.74, 6) is -0.385. The topological polar surface area (TPSA) is 74.7 Å². The van der Waals surface area contributed by atoms with Crippen molar-refractivity contribution in [3.63, 3.8) is 0 Å². The zero-order valence-electron chi connectivity index (χ0n) is 15.0. The molecule has 0 radical (unpaired) electrons. The van der Waals surface area contributed by atoms with E-state index in [4.69, 9.17) is 0 Å². The van der Waals surface area contributed by atoms with Gasteiger partial charge < -0.3 is 5.32 Å². The highest BCUT2D eigenvalue weighted by Gasteiger charge is 2.40. The van der Waals surface area contributed by atoms with Crippen LogP contribution in [0.1, 0.15) is 6.42 Å². The third kappa shape index (κ3) is 4.75. The number of carbonyl (C=O) groups is 2. The summed E-state index contributed by atoms with van der Waals surface area (Å²) >= 11 is 6.05. The fourth-order valence-electron chi connectivity index (χ4n) is 2.76. The lowest BCUT2D eigenvalue weighted by molar-refractivity contribution is -0.121. The summed E-state index contributed by atoms with van der Waals surface area (Å²) < 4.78 is 0.929. The molecule has 2 heterocycles. The molecular weight excluding hydrogens is 472 g/mol. The van der Waals surface area contributed by atoms with Crippen LogP contribution in [0, 0.1) is 0 Å². The van der Waals surface area contributed by atoms with Crippen molar-refractivity contribution < 1.29 is 9.59 Å². The smallest absolute Gasteiger partial charge is 0.247 e. The number of aromatic nitrogens is 1. The van der Waals surface area contributed by atoms with Gasteiger partial charge in [0.1, 0.15) is 5.25 Å². The molecule has 1 aliphatic heterocycles. The number of para-hydroxylation sites is 1. The van der Waals surface area contributed by atoms with Gasteiger partial charge in [0.05, 0.1) is 5.69 Å². The van der Waals surface area contributed by atoms with Gasteiger partial charge in [-0.3, -0.25) is 14.5 Å². The number of hydrogen-bond donors (Lipinski definition) is 1. The van der Waals surface area contributed by atoms with E-state index >= 15 is 0 Å². The zero-order valence-corrected chi connectivity index (χ0v) is 18.2. The Labute approximate surface area is 184 Å². The second-order valence-corrected chi connectivity index (χ2v) is 9.04. The summed E-state index contributed by atoms with van der Waals surface area (Å²) in [5, 5.41) is 5.21. The monoisotopic (exact) mass is 486 g/mol. The zero-order chi connectivity index (χ0) is 20.2. The third-order valence-electron chi connectivity index (χ3n) is 4.06. The van der Waals surface area contributed by atoms with Crippen molar-refractivity contribution in [2.75, 3.05) is 10.2 Å². The van der Waals surface area contributed by atoms with Gasteiger partial charge in [0.15, 0.2) is 5.17 Å². The van der Waals surface area contributed by atoms with Gasteiger partial charge in [-0.05, 0) is 36.4 Å². The van der Waals surface area contributed by atoms with Crippen molar-refractivity contribution in [1.29, 1.82) is 0 Å². The second-order valence-electron chi connectivity index (χ2n) is 6.08. The van der Waals surface area contributed by atoms with Gasteiger partial charge in [-0.15, -0.1) is 11.3 Å².